The van der Waals surface area contributed by atoms with Crippen LogP contribution >= 0.6 is 0 Å². The van der Waals surface area contributed by atoms with E-state index in [1.54, 1.807) is 29.8 Å². The summed E-state index contributed by atoms with van der Waals surface area (Å²) < 4.78 is 5.55. The molecular weight excluding hydrogens is 735 g/mol. The first-order valence-electron chi connectivity index (χ1n) is 20.1. The number of amides is 4. The largest absolute Gasteiger partial charge is 0.459 e. The van der Waals surface area contributed by atoms with Crippen LogP contribution in [0.5, 0.6) is 0 Å². The molecule has 5 atom stereocenters. The smallest absolute Gasteiger partial charge is 0.321 e. The van der Waals surface area contributed by atoms with Crippen LogP contribution in [0.1, 0.15) is 63.1 Å². The minimum absolute atomic E-state index is 0.0737. The number of pyridine rings is 2. The van der Waals surface area contributed by atoms with Crippen molar-refractivity contribution >= 4 is 23.8 Å². The maximum absolute atomic E-state index is 14.4. The number of ether oxygens (including phenoxy) is 1. The Morgan fingerprint density at radius 3 is 2.36 bits per heavy atom. The number of aliphatic hydroxyl groups excluding tert-OH is 1. The summed E-state index contributed by atoms with van der Waals surface area (Å²) in [5, 5.41) is 16.3. The molecule has 0 aliphatic carbocycles. The van der Waals surface area contributed by atoms with Crippen molar-refractivity contribution in [3.8, 4) is 11.3 Å². The SMILES string of the molecule is CCC(C)C(C(=O)NCC(O)C(Cc1ccccc1)NN(Cc1ccc(-c2ccccn2)cc1)C(=O)C1CC(=O)OC1(C)C)N1CCN(Cc2cccc(C)n2)C1=O. The van der Waals surface area contributed by atoms with Crippen molar-refractivity contribution in [2.24, 2.45) is 11.8 Å². The van der Waals surface area contributed by atoms with E-state index in [0.29, 0.717) is 32.5 Å². The predicted octanol–water partition coefficient (Wildman–Crippen LogP) is 5.07. The lowest BCUT2D eigenvalue weighted by Gasteiger charge is -2.36. The zero-order chi connectivity index (χ0) is 41.4. The number of benzene rings is 2. The molecule has 58 heavy (non-hydrogen) atoms. The second-order valence-electron chi connectivity index (χ2n) is 15.9. The molecule has 2 aliphatic heterocycles. The number of cyclic esters (lactones) is 1. The number of nitrogens with one attached hydrogen (secondary N) is 2. The van der Waals surface area contributed by atoms with Crippen molar-refractivity contribution in [1.82, 2.24) is 35.5 Å². The molecule has 306 valence electrons. The van der Waals surface area contributed by atoms with E-state index in [2.05, 4.69) is 20.7 Å². The zero-order valence-electron chi connectivity index (χ0n) is 34.0. The fourth-order valence-corrected chi connectivity index (χ4v) is 7.68. The molecule has 5 unspecified atom stereocenters. The molecule has 4 aromatic rings. The third-order valence-electron chi connectivity index (χ3n) is 11.2. The van der Waals surface area contributed by atoms with Gasteiger partial charge in [0, 0.05) is 37.1 Å². The maximum Gasteiger partial charge on any atom is 0.321 e. The Morgan fingerprint density at radius 1 is 0.966 bits per heavy atom. The molecule has 13 nitrogen and oxygen atoms in total. The molecule has 3 N–H and O–H groups in total. The van der Waals surface area contributed by atoms with E-state index in [4.69, 9.17) is 4.74 Å². The maximum atomic E-state index is 14.4. The number of urea groups is 1. The Morgan fingerprint density at radius 2 is 1.71 bits per heavy atom. The number of hydrogen-bond acceptors (Lipinski definition) is 9. The number of aliphatic hydroxyl groups is 1. The van der Waals surface area contributed by atoms with E-state index >= 15 is 0 Å². The molecule has 2 saturated heterocycles. The van der Waals surface area contributed by atoms with Crippen LogP contribution in [0.25, 0.3) is 11.3 Å². The number of rotatable bonds is 17. The molecule has 0 spiro atoms. The van der Waals surface area contributed by atoms with Crippen molar-refractivity contribution in [2.75, 3.05) is 19.6 Å². The van der Waals surface area contributed by atoms with E-state index in [0.717, 1.165) is 33.8 Å². The second-order valence-corrected chi connectivity index (χ2v) is 15.9. The van der Waals surface area contributed by atoms with Crippen LogP contribution < -0.4 is 10.7 Å². The predicted molar refractivity (Wildman–Crippen MR) is 219 cm³/mol. The molecule has 0 saturated carbocycles. The quantitative estimate of drug-likeness (QED) is 0.0983. The topological polar surface area (TPSA) is 157 Å². The molecule has 2 aromatic heterocycles. The highest BCUT2D eigenvalue weighted by molar-refractivity contribution is 5.89. The van der Waals surface area contributed by atoms with Gasteiger partial charge in [-0.25, -0.2) is 10.2 Å². The van der Waals surface area contributed by atoms with Gasteiger partial charge in [0.05, 0.1) is 49.0 Å². The first-order chi connectivity index (χ1) is 27.8. The summed E-state index contributed by atoms with van der Waals surface area (Å²) in [6, 6.07) is 27.0. The van der Waals surface area contributed by atoms with Gasteiger partial charge in [0.15, 0.2) is 0 Å². The van der Waals surface area contributed by atoms with E-state index < -0.39 is 35.7 Å². The van der Waals surface area contributed by atoms with Gasteiger partial charge in [-0.15, -0.1) is 0 Å². The van der Waals surface area contributed by atoms with Gasteiger partial charge < -0.3 is 25.0 Å². The second kappa shape index (κ2) is 18.7. The van der Waals surface area contributed by atoms with E-state index in [1.165, 1.54) is 5.01 Å². The first kappa shape index (κ1) is 42.0. The van der Waals surface area contributed by atoms with Crippen LogP contribution in [-0.4, -0.2) is 97.1 Å². The van der Waals surface area contributed by atoms with Gasteiger partial charge in [0.1, 0.15) is 11.6 Å². The van der Waals surface area contributed by atoms with Gasteiger partial charge in [0.25, 0.3) is 0 Å². The normalized spacial score (nSPS) is 18.3. The molecule has 0 radical (unpaired) electrons. The number of esters is 1. The van der Waals surface area contributed by atoms with Crippen molar-refractivity contribution in [3.63, 3.8) is 0 Å². The lowest BCUT2D eigenvalue weighted by molar-refractivity contribution is -0.151. The number of aromatic nitrogens is 2. The number of hydrazine groups is 1. The fourth-order valence-electron chi connectivity index (χ4n) is 7.68. The average Bonchev–Trinajstić information content (AvgIpc) is 3.71. The van der Waals surface area contributed by atoms with Crippen LogP contribution in [0.15, 0.2) is 97.2 Å². The average molecular weight is 790 g/mol. The van der Waals surface area contributed by atoms with E-state index in [-0.39, 0.29) is 43.3 Å². The summed E-state index contributed by atoms with van der Waals surface area (Å²) in [4.78, 5) is 67.0. The zero-order valence-corrected chi connectivity index (χ0v) is 34.0. The first-order valence-corrected chi connectivity index (χ1v) is 20.1. The Kier molecular flexibility index (Phi) is 13.6. The van der Waals surface area contributed by atoms with Crippen LogP contribution in [0.4, 0.5) is 4.79 Å². The van der Waals surface area contributed by atoms with Gasteiger partial charge in [0.2, 0.25) is 11.8 Å². The fraction of sp³-hybridized carbons (Fsp3) is 0.422. The minimum atomic E-state index is -1.17. The molecule has 6 rings (SSSR count). The highest BCUT2D eigenvalue weighted by Gasteiger charge is 2.48. The highest BCUT2D eigenvalue weighted by Crippen LogP contribution is 2.34. The third-order valence-corrected chi connectivity index (χ3v) is 11.2. The van der Waals surface area contributed by atoms with Crippen molar-refractivity contribution in [2.45, 2.75) is 90.8 Å². The number of nitrogens with zero attached hydrogens (tertiary/aromatic N) is 5. The number of carbonyl (C=O) groups is 4. The minimum Gasteiger partial charge on any atom is -0.459 e. The highest BCUT2D eigenvalue weighted by atomic mass is 16.6. The van der Waals surface area contributed by atoms with Crippen LogP contribution in [-0.2, 0) is 38.6 Å². The van der Waals surface area contributed by atoms with Gasteiger partial charge in [-0.05, 0) is 68.5 Å². The summed E-state index contributed by atoms with van der Waals surface area (Å²) in [7, 11) is 0. The van der Waals surface area contributed by atoms with Crippen molar-refractivity contribution in [3.05, 3.63) is 120 Å². The molecule has 2 fully saturated rings. The Hall–Kier alpha value is -5.66. The van der Waals surface area contributed by atoms with Gasteiger partial charge in [-0.3, -0.25) is 29.4 Å². The lowest BCUT2D eigenvalue weighted by Crippen LogP contribution is -2.58. The molecule has 13 heteroatoms. The van der Waals surface area contributed by atoms with E-state index in [1.807, 2.05) is 112 Å². The van der Waals surface area contributed by atoms with Crippen molar-refractivity contribution in [1.29, 1.82) is 0 Å². The number of carbonyl (C=O) groups excluding carboxylic acids is 4. The Bertz CT molecular complexity index is 2030. The number of aryl methyl sites for hydroxylation is 1. The molecule has 0 bridgehead atoms. The Balaban J connectivity index is 1.21. The van der Waals surface area contributed by atoms with Gasteiger partial charge in [-0.2, -0.15) is 0 Å². The van der Waals surface area contributed by atoms with Gasteiger partial charge >= 0.3 is 12.0 Å². The summed E-state index contributed by atoms with van der Waals surface area (Å²) in [6.45, 7) is 10.5. The standard InChI is InChI=1S/C45H55N7O6/c1-6-30(2)41(51-24-23-50(44(51)57)29-35-16-12-13-31(3)48-35)42(55)47-27-39(53)38(25-32-14-8-7-9-15-32)49-52(43(56)36-26-40(54)58-45(36,4)5)28-33-18-20-34(21-19-33)37-17-10-11-22-46-37/h7-22,30,36,38-39,41,49,53H,6,23-29H2,1-5H3,(H,47,55). The van der Waals surface area contributed by atoms with Crippen molar-refractivity contribution < 1.29 is 29.0 Å². The lowest BCUT2D eigenvalue weighted by atomic mass is 9.89. The van der Waals surface area contributed by atoms with Gasteiger partial charge in [-0.1, -0.05) is 87.0 Å². The molecule has 2 aromatic carbocycles. The monoisotopic (exact) mass is 789 g/mol. The summed E-state index contributed by atoms with van der Waals surface area (Å²) in [6.07, 6.45) is 1.46. The molecule has 4 heterocycles. The van der Waals surface area contributed by atoms with Crippen LogP contribution in [0.2, 0.25) is 0 Å². The van der Waals surface area contributed by atoms with E-state index in [9.17, 15) is 24.3 Å². The summed E-state index contributed by atoms with van der Waals surface area (Å²) in [5.41, 5.74) is 7.39. The Labute approximate surface area is 340 Å². The molecule has 4 amide bonds. The molecule has 2 aliphatic rings. The number of hydrogen-bond donors (Lipinski definition) is 3. The molecular formula is C45H55N7O6. The third kappa shape index (κ3) is 10.3. The van der Waals surface area contributed by atoms with Crippen LogP contribution in [0.3, 0.4) is 0 Å². The van der Waals surface area contributed by atoms with Crippen LogP contribution in [0, 0.1) is 18.8 Å². The summed E-state index contributed by atoms with van der Waals surface area (Å²) in [5.74, 6) is -2.10. The summed E-state index contributed by atoms with van der Waals surface area (Å²) >= 11 is 0.